The summed E-state index contributed by atoms with van der Waals surface area (Å²) in [5.41, 5.74) is 4.84. The molecule has 2 amide bonds. The van der Waals surface area contributed by atoms with Gasteiger partial charge in [0.15, 0.2) is 5.78 Å². The number of ketones is 1. The molecule has 3 N–H and O–H groups in total. The molecule has 0 bridgehead atoms. The van der Waals surface area contributed by atoms with Gasteiger partial charge in [0, 0.05) is 11.8 Å². The molecule has 1 saturated carbocycles. The zero-order chi connectivity index (χ0) is 21.8. The second-order valence-electron chi connectivity index (χ2n) is 8.16. The van der Waals surface area contributed by atoms with Gasteiger partial charge < -0.3 is 11.1 Å². The summed E-state index contributed by atoms with van der Waals surface area (Å²) < 4.78 is 27.5. The van der Waals surface area contributed by atoms with Crippen LogP contribution in [-0.2, 0) is 24.4 Å². The molecule has 0 spiro atoms. The molecular formula is C21H29N3O5S. The molecule has 9 heteroatoms. The summed E-state index contributed by atoms with van der Waals surface area (Å²) in [5, 5.41) is 2.97. The summed E-state index contributed by atoms with van der Waals surface area (Å²) in [6.07, 6.45) is 3.82. The Morgan fingerprint density at radius 2 is 1.80 bits per heavy atom. The van der Waals surface area contributed by atoms with E-state index in [1.807, 2.05) is 0 Å². The van der Waals surface area contributed by atoms with E-state index < -0.39 is 33.3 Å². The smallest absolute Gasteiger partial charge is 0.267 e. The first-order valence-corrected chi connectivity index (χ1v) is 11.9. The van der Waals surface area contributed by atoms with Gasteiger partial charge in [0.2, 0.25) is 11.8 Å². The number of amides is 2. The van der Waals surface area contributed by atoms with Crippen molar-refractivity contribution in [2.45, 2.75) is 62.3 Å². The van der Waals surface area contributed by atoms with E-state index in [1.54, 1.807) is 18.2 Å². The Hall–Kier alpha value is -2.26. The van der Waals surface area contributed by atoms with Gasteiger partial charge >= 0.3 is 0 Å². The Morgan fingerprint density at radius 1 is 1.13 bits per heavy atom. The highest BCUT2D eigenvalue weighted by molar-refractivity contribution is 7.89. The van der Waals surface area contributed by atoms with E-state index in [1.165, 1.54) is 12.1 Å². The van der Waals surface area contributed by atoms with Crippen LogP contribution in [0.5, 0.6) is 0 Å². The maximum Gasteiger partial charge on any atom is 0.267 e. The van der Waals surface area contributed by atoms with Crippen LogP contribution in [0.4, 0.5) is 0 Å². The monoisotopic (exact) mass is 435 g/mol. The minimum atomic E-state index is -4.22. The van der Waals surface area contributed by atoms with Crippen molar-refractivity contribution in [3.05, 3.63) is 30.3 Å². The summed E-state index contributed by atoms with van der Waals surface area (Å²) in [6, 6.07) is 6.61. The number of rotatable bonds is 7. The highest BCUT2D eigenvalue weighted by atomic mass is 32.2. The normalized spacial score (nSPS) is 21.7. The number of nitrogens with one attached hydrogen (secondary N) is 1. The molecule has 1 saturated heterocycles. The number of nitrogens with zero attached hydrogens (tertiary/aromatic N) is 1. The third-order valence-corrected chi connectivity index (χ3v) is 8.08. The van der Waals surface area contributed by atoms with Crippen LogP contribution in [0.3, 0.4) is 0 Å². The highest BCUT2D eigenvalue weighted by Gasteiger charge is 2.43. The lowest BCUT2D eigenvalue weighted by molar-refractivity contribution is -0.135. The highest BCUT2D eigenvalue weighted by Crippen LogP contribution is 2.42. The lowest BCUT2D eigenvalue weighted by Crippen LogP contribution is -2.50. The number of hydrogen-bond acceptors (Lipinski definition) is 6. The standard InChI is InChI=1S/C21H29N3O5S/c22-20(27)21(11-4-5-12-21)13-10-19(26)24(17-9-6-14-23-15-18(17)25)30(28,29)16-7-2-1-3-8-16/h1-3,7-8,17,23H,4-6,9-15H2,(H2,22,27)/t17-/m0/s1. The Balaban J connectivity index is 1.91. The predicted octanol–water partition coefficient (Wildman–Crippen LogP) is 1.35. The molecule has 2 aliphatic rings. The fraction of sp³-hybridized carbons (Fsp3) is 0.571. The summed E-state index contributed by atoms with van der Waals surface area (Å²) in [5.74, 6) is -1.43. The van der Waals surface area contributed by atoms with Crippen molar-refractivity contribution < 1.29 is 22.8 Å². The van der Waals surface area contributed by atoms with E-state index in [4.69, 9.17) is 5.73 Å². The first-order valence-electron chi connectivity index (χ1n) is 10.4. The predicted molar refractivity (Wildman–Crippen MR) is 111 cm³/mol. The average Bonchev–Trinajstić information content (AvgIpc) is 3.13. The average molecular weight is 436 g/mol. The van der Waals surface area contributed by atoms with Gasteiger partial charge in [0.1, 0.15) is 6.04 Å². The molecule has 1 atom stereocenters. The van der Waals surface area contributed by atoms with Gasteiger partial charge in [-0.05, 0) is 50.8 Å². The van der Waals surface area contributed by atoms with E-state index in [0.717, 1.165) is 17.1 Å². The Kier molecular flexibility index (Phi) is 6.92. The van der Waals surface area contributed by atoms with E-state index in [-0.39, 0.29) is 36.5 Å². The van der Waals surface area contributed by atoms with Gasteiger partial charge in [-0.3, -0.25) is 14.4 Å². The van der Waals surface area contributed by atoms with Gasteiger partial charge in [-0.1, -0.05) is 31.0 Å². The van der Waals surface area contributed by atoms with Gasteiger partial charge in [0.05, 0.1) is 11.4 Å². The molecule has 3 rings (SSSR count). The summed E-state index contributed by atoms with van der Waals surface area (Å²) in [4.78, 5) is 37.9. The third-order valence-electron chi connectivity index (χ3n) is 6.23. The minimum Gasteiger partial charge on any atom is -0.369 e. The van der Waals surface area contributed by atoms with Crippen LogP contribution in [0.15, 0.2) is 35.2 Å². The van der Waals surface area contributed by atoms with E-state index in [0.29, 0.717) is 25.8 Å². The molecule has 1 aromatic rings. The lowest BCUT2D eigenvalue weighted by Gasteiger charge is -2.31. The van der Waals surface area contributed by atoms with Crippen LogP contribution in [0.2, 0.25) is 0 Å². The summed E-state index contributed by atoms with van der Waals surface area (Å²) in [6.45, 7) is 0.602. The van der Waals surface area contributed by atoms with Crippen LogP contribution in [-0.4, -0.2) is 49.5 Å². The van der Waals surface area contributed by atoms with Crippen LogP contribution in [0, 0.1) is 5.41 Å². The van der Waals surface area contributed by atoms with Gasteiger partial charge in [0.25, 0.3) is 10.0 Å². The van der Waals surface area contributed by atoms with Crippen molar-refractivity contribution in [2.24, 2.45) is 11.1 Å². The van der Waals surface area contributed by atoms with Crippen LogP contribution in [0.1, 0.15) is 51.4 Å². The van der Waals surface area contributed by atoms with E-state index in [9.17, 15) is 22.8 Å². The van der Waals surface area contributed by atoms with Crippen molar-refractivity contribution in [1.29, 1.82) is 0 Å². The molecule has 30 heavy (non-hydrogen) atoms. The number of carbonyl (C=O) groups excluding carboxylic acids is 3. The van der Waals surface area contributed by atoms with Gasteiger partial charge in [-0.15, -0.1) is 0 Å². The molecule has 0 radical (unpaired) electrons. The number of hydrogen-bond donors (Lipinski definition) is 2. The quantitative estimate of drug-likeness (QED) is 0.666. The van der Waals surface area contributed by atoms with Crippen molar-refractivity contribution in [2.75, 3.05) is 13.1 Å². The third kappa shape index (κ3) is 4.57. The Morgan fingerprint density at radius 3 is 2.43 bits per heavy atom. The number of Topliss-reactive ketones (excluding diaryl/α,β-unsaturated/α-hetero) is 1. The summed E-state index contributed by atoms with van der Waals surface area (Å²) in [7, 11) is -4.22. The Labute approximate surface area is 177 Å². The van der Waals surface area contributed by atoms with Crippen molar-refractivity contribution in [1.82, 2.24) is 9.62 Å². The molecule has 2 fully saturated rings. The zero-order valence-corrected chi connectivity index (χ0v) is 17.8. The van der Waals surface area contributed by atoms with Crippen molar-refractivity contribution in [3.8, 4) is 0 Å². The first-order chi connectivity index (χ1) is 14.3. The maximum absolute atomic E-state index is 13.4. The minimum absolute atomic E-state index is 0.0178. The Bertz CT molecular complexity index is 894. The zero-order valence-electron chi connectivity index (χ0n) is 17.0. The maximum atomic E-state index is 13.4. The number of nitrogens with two attached hydrogens (primary N) is 1. The SMILES string of the molecule is NC(=O)C1(CCC(=O)N([C@H]2CCCNCC2=O)S(=O)(=O)c2ccccc2)CCCC1. The van der Waals surface area contributed by atoms with Crippen LogP contribution in [0.25, 0.3) is 0 Å². The molecule has 1 aliphatic carbocycles. The molecule has 1 heterocycles. The molecule has 1 aliphatic heterocycles. The molecule has 164 valence electrons. The van der Waals surface area contributed by atoms with Gasteiger partial charge in [-0.2, -0.15) is 0 Å². The molecular weight excluding hydrogens is 406 g/mol. The van der Waals surface area contributed by atoms with Crippen molar-refractivity contribution in [3.63, 3.8) is 0 Å². The second-order valence-corrected chi connectivity index (χ2v) is 9.98. The fourth-order valence-electron chi connectivity index (χ4n) is 4.47. The largest absolute Gasteiger partial charge is 0.369 e. The molecule has 1 aromatic carbocycles. The lowest BCUT2D eigenvalue weighted by atomic mass is 9.80. The summed E-state index contributed by atoms with van der Waals surface area (Å²) >= 11 is 0. The van der Waals surface area contributed by atoms with Crippen molar-refractivity contribution >= 4 is 27.6 Å². The number of sulfonamides is 1. The topological polar surface area (TPSA) is 127 Å². The molecule has 0 unspecified atom stereocenters. The number of primary amides is 1. The first kappa shape index (κ1) is 22.4. The number of carbonyl (C=O) groups is 3. The van der Waals surface area contributed by atoms with Gasteiger partial charge in [-0.25, -0.2) is 12.7 Å². The van der Waals surface area contributed by atoms with Crippen LogP contribution < -0.4 is 11.1 Å². The molecule has 0 aromatic heterocycles. The second kappa shape index (κ2) is 9.26. The number of benzene rings is 1. The molecule has 8 nitrogen and oxygen atoms in total. The van der Waals surface area contributed by atoms with E-state index in [2.05, 4.69) is 5.32 Å². The fourth-order valence-corrected chi connectivity index (χ4v) is 6.11. The van der Waals surface area contributed by atoms with E-state index >= 15 is 0 Å². The van der Waals surface area contributed by atoms with Crippen LogP contribution >= 0.6 is 0 Å².